The first-order valence-electron chi connectivity index (χ1n) is 8.75. The van der Waals surface area contributed by atoms with Gasteiger partial charge < -0.3 is 10.1 Å². The number of nitrogens with one attached hydrogen (secondary N) is 1. The molecule has 27 heavy (non-hydrogen) atoms. The lowest BCUT2D eigenvalue weighted by Gasteiger charge is -2.14. The van der Waals surface area contributed by atoms with E-state index in [0.29, 0.717) is 30.0 Å². The van der Waals surface area contributed by atoms with Crippen LogP contribution in [0.1, 0.15) is 27.9 Å². The van der Waals surface area contributed by atoms with Gasteiger partial charge in [-0.2, -0.15) is 0 Å². The Labute approximate surface area is 158 Å². The minimum atomic E-state index is -3.53. The van der Waals surface area contributed by atoms with E-state index in [9.17, 15) is 17.6 Å². The van der Waals surface area contributed by atoms with Crippen LogP contribution in [0.25, 0.3) is 0 Å². The summed E-state index contributed by atoms with van der Waals surface area (Å²) in [5.74, 6) is -0.794. The molecule has 0 aromatic heterocycles. The van der Waals surface area contributed by atoms with Crippen LogP contribution in [0.3, 0.4) is 0 Å². The average molecular weight is 391 g/mol. The third-order valence-corrected chi connectivity index (χ3v) is 6.78. The van der Waals surface area contributed by atoms with Crippen LogP contribution >= 0.6 is 0 Å². The zero-order chi connectivity index (χ0) is 19.6. The van der Waals surface area contributed by atoms with Crippen molar-refractivity contribution >= 4 is 21.4 Å². The number of amides is 1. The van der Waals surface area contributed by atoms with Gasteiger partial charge in [-0.25, -0.2) is 12.8 Å². The second kappa shape index (κ2) is 7.78. The molecule has 0 unspecified atom stereocenters. The highest BCUT2D eigenvalue weighted by molar-refractivity contribution is 7.91. The molecule has 1 saturated heterocycles. The molecular formula is C20H22FNO4S. The van der Waals surface area contributed by atoms with Gasteiger partial charge >= 0.3 is 0 Å². The second-order valence-electron chi connectivity index (χ2n) is 6.86. The third-order valence-electron chi connectivity index (χ3n) is 4.76. The van der Waals surface area contributed by atoms with E-state index in [1.54, 1.807) is 26.0 Å². The maximum Gasteiger partial charge on any atom is 0.255 e. The van der Waals surface area contributed by atoms with Crippen LogP contribution in [0.4, 0.5) is 10.1 Å². The maximum atomic E-state index is 13.4. The van der Waals surface area contributed by atoms with Crippen LogP contribution in [-0.4, -0.2) is 33.3 Å². The molecule has 2 aromatic rings. The van der Waals surface area contributed by atoms with E-state index in [1.165, 1.54) is 24.3 Å². The number of anilines is 1. The standard InChI is InChI=1S/C20H22FNO4S/c1-13-10-16(6-7-18(13)21)22-20(23)17-4-3-5-19(14(17)2)27(24,25)12-15-8-9-26-11-15/h3-7,10,15H,8-9,11-12H2,1-2H3,(H,22,23)/t15-/m0/s1. The Kier molecular flexibility index (Phi) is 5.62. The van der Waals surface area contributed by atoms with E-state index < -0.39 is 15.7 Å². The van der Waals surface area contributed by atoms with Crippen molar-refractivity contribution in [3.8, 4) is 0 Å². The Bertz CT molecular complexity index is 966. The van der Waals surface area contributed by atoms with Gasteiger partial charge in [-0.1, -0.05) is 6.07 Å². The van der Waals surface area contributed by atoms with Crippen molar-refractivity contribution in [3.05, 3.63) is 58.9 Å². The molecule has 144 valence electrons. The lowest BCUT2D eigenvalue weighted by Crippen LogP contribution is -2.19. The summed E-state index contributed by atoms with van der Waals surface area (Å²) in [7, 11) is -3.53. The molecule has 1 atom stereocenters. The van der Waals surface area contributed by atoms with Gasteiger partial charge in [0.25, 0.3) is 5.91 Å². The number of aryl methyl sites for hydroxylation is 1. The Balaban J connectivity index is 1.85. The lowest BCUT2D eigenvalue weighted by molar-refractivity contribution is 0.102. The van der Waals surface area contributed by atoms with Crippen LogP contribution in [0.2, 0.25) is 0 Å². The quantitative estimate of drug-likeness (QED) is 0.847. The van der Waals surface area contributed by atoms with Gasteiger partial charge in [0.1, 0.15) is 5.82 Å². The molecule has 1 fully saturated rings. The van der Waals surface area contributed by atoms with Crippen LogP contribution < -0.4 is 5.32 Å². The van der Waals surface area contributed by atoms with Gasteiger partial charge in [0.05, 0.1) is 17.3 Å². The smallest absolute Gasteiger partial charge is 0.255 e. The summed E-state index contributed by atoms with van der Waals surface area (Å²) in [6, 6.07) is 8.95. The van der Waals surface area contributed by atoms with Crippen molar-refractivity contribution in [3.63, 3.8) is 0 Å². The number of benzene rings is 2. The van der Waals surface area contributed by atoms with Gasteiger partial charge in [0.2, 0.25) is 0 Å². The van der Waals surface area contributed by atoms with E-state index in [4.69, 9.17) is 4.74 Å². The van der Waals surface area contributed by atoms with Crippen molar-refractivity contribution in [2.45, 2.75) is 25.2 Å². The Hall–Kier alpha value is -2.25. The first-order valence-corrected chi connectivity index (χ1v) is 10.4. The lowest BCUT2D eigenvalue weighted by atomic mass is 10.1. The number of sulfone groups is 1. The maximum absolute atomic E-state index is 13.4. The molecular weight excluding hydrogens is 369 g/mol. The molecule has 1 aliphatic rings. The van der Waals surface area contributed by atoms with E-state index in [2.05, 4.69) is 5.32 Å². The number of carbonyl (C=O) groups is 1. The first-order chi connectivity index (χ1) is 12.8. The Morgan fingerprint density at radius 1 is 1.26 bits per heavy atom. The molecule has 0 radical (unpaired) electrons. The molecule has 1 N–H and O–H groups in total. The zero-order valence-corrected chi connectivity index (χ0v) is 16.1. The van der Waals surface area contributed by atoms with Crippen LogP contribution in [0.15, 0.2) is 41.3 Å². The van der Waals surface area contributed by atoms with Crippen LogP contribution in [0, 0.1) is 25.6 Å². The SMILES string of the molecule is Cc1cc(NC(=O)c2cccc(S(=O)(=O)C[C@H]3CCOC3)c2C)ccc1F. The monoisotopic (exact) mass is 391 g/mol. The van der Waals surface area contributed by atoms with Crippen molar-refractivity contribution in [1.29, 1.82) is 0 Å². The largest absolute Gasteiger partial charge is 0.381 e. The second-order valence-corrected chi connectivity index (χ2v) is 8.86. The molecule has 0 saturated carbocycles. The van der Waals surface area contributed by atoms with E-state index >= 15 is 0 Å². The highest BCUT2D eigenvalue weighted by Gasteiger charge is 2.27. The zero-order valence-electron chi connectivity index (χ0n) is 15.3. The molecule has 2 aromatic carbocycles. The predicted molar refractivity (Wildman–Crippen MR) is 101 cm³/mol. The fourth-order valence-corrected chi connectivity index (χ4v) is 5.16. The van der Waals surface area contributed by atoms with Crippen molar-refractivity contribution in [2.24, 2.45) is 5.92 Å². The van der Waals surface area contributed by atoms with Crippen molar-refractivity contribution in [1.82, 2.24) is 0 Å². The fourth-order valence-electron chi connectivity index (χ4n) is 3.23. The summed E-state index contributed by atoms with van der Waals surface area (Å²) in [6.45, 7) is 4.26. The minimum absolute atomic E-state index is 0.00999. The number of hydrogen-bond donors (Lipinski definition) is 1. The van der Waals surface area contributed by atoms with E-state index in [1.807, 2.05) is 0 Å². The van der Waals surface area contributed by atoms with Crippen molar-refractivity contribution < 1.29 is 22.3 Å². The Morgan fingerprint density at radius 3 is 2.70 bits per heavy atom. The highest BCUT2D eigenvalue weighted by atomic mass is 32.2. The molecule has 0 bridgehead atoms. The molecule has 3 rings (SSSR count). The molecule has 5 nitrogen and oxygen atoms in total. The number of rotatable bonds is 5. The molecule has 7 heteroatoms. The molecule has 1 heterocycles. The average Bonchev–Trinajstić information content (AvgIpc) is 3.10. The van der Waals surface area contributed by atoms with Gasteiger partial charge in [0.15, 0.2) is 9.84 Å². The van der Waals surface area contributed by atoms with E-state index in [0.717, 1.165) is 6.42 Å². The third kappa shape index (κ3) is 4.36. The summed E-state index contributed by atoms with van der Waals surface area (Å²) in [6.07, 6.45) is 0.725. The molecule has 1 aliphatic heterocycles. The van der Waals surface area contributed by atoms with Gasteiger partial charge in [-0.3, -0.25) is 4.79 Å². The minimum Gasteiger partial charge on any atom is -0.381 e. The summed E-state index contributed by atoms with van der Waals surface area (Å²) in [5, 5.41) is 2.70. The topological polar surface area (TPSA) is 72.5 Å². The summed E-state index contributed by atoms with van der Waals surface area (Å²) in [5.41, 5.74) is 1.56. The van der Waals surface area contributed by atoms with Crippen LogP contribution in [0.5, 0.6) is 0 Å². The first kappa shape index (κ1) is 19.5. The van der Waals surface area contributed by atoms with Crippen LogP contribution in [-0.2, 0) is 14.6 Å². The van der Waals surface area contributed by atoms with E-state index in [-0.39, 0.29) is 27.9 Å². The van der Waals surface area contributed by atoms with Gasteiger partial charge in [-0.05, 0) is 67.6 Å². The van der Waals surface area contributed by atoms with Gasteiger partial charge in [0, 0.05) is 17.9 Å². The highest BCUT2D eigenvalue weighted by Crippen LogP contribution is 2.25. The molecule has 1 amide bonds. The van der Waals surface area contributed by atoms with Gasteiger partial charge in [-0.15, -0.1) is 0 Å². The normalized spacial score (nSPS) is 17.1. The summed E-state index contributed by atoms with van der Waals surface area (Å²) >= 11 is 0. The summed E-state index contributed by atoms with van der Waals surface area (Å²) < 4.78 is 44.2. The fraction of sp³-hybridized carbons (Fsp3) is 0.350. The number of hydrogen-bond acceptors (Lipinski definition) is 4. The number of ether oxygens (including phenoxy) is 1. The Morgan fingerprint density at radius 2 is 2.04 bits per heavy atom. The molecule has 0 spiro atoms. The predicted octanol–water partition coefficient (Wildman–Crippen LogP) is 3.51. The molecule has 0 aliphatic carbocycles. The van der Waals surface area contributed by atoms with Crippen molar-refractivity contribution in [2.75, 3.05) is 24.3 Å². The number of halogens is 1. The summed E-state index contributed by atoms with van der Waals surface area (Å²) in [4.78, 5) is 12.8. The number of carbonyl (C=O) groups excluding carboxylic acids is 1.